The van der Waals surface area contributed by atoms with E-state index in [0.717, 1.165) is 57.3 Å². The summed E-state index contributed by atoms with van der Waals surface area (Å²) in [5.74, 6) is -2.56. The third kappa shape index (κ3) is 8.05. The van der Waals surface area contributed by atoms with E-state index < -0.39 is 36.0 Å². The predicted octanol–water partition coefficient (Wildman–Crippen LogP) is 3.17. The lowest BCUT2D eigenvalue weighted by atomic mass is 9.96. The SMILES string of the molecule is CCc1ccccc1CN(C)C(=O)[C@H](OC(C)=O)[C@@H](OC(C)=O)C(=O)NCC1CCN(c2ccsc2)CC1. The Labute approximate surface area is 228 Å². The molecule has 2 amide bonds. The summed E-state index contributed by atoms with van der Waals surface area (Å²) in [4.78, 5) is 54.2. The largest absolute Gasteiger partial charge is 0.448 e. The van der Waals surface area contributed by atoms with Crippen molar-refractivity contribution in [2.45, 2.75) is 58.8 Å². The lowest BCUT2D eigenvalue weighted by Crippen LogP contribution is -2.54. The van der Waals surface area contributed by atoms with Crippen molar-refractivity contribution in [1.82, 2.24) is 10.2 Å². The Morgan fingerprint density at radius 2 is 1.66 bits per heavy atom. The van der Waals surface area contributed by atoms with Crippen LogP contribution in [0.15, 0.2) is 41.1 Å². The zero-order valence-electron chi connectivity index (χ0n) is 22.5. The number of anilines is 1. The van der Waals surface area contributed by atoms with Gasteiger partial charge in [0, 0.05) is 58.1 Å². The molecular weight excluding hydrogens is 506 g/mol. The molecule has 1 fully saturated rings. The molecule has 1 aliphatic heterocycles. The van der Waals surface area contributed by atoms with Crippen LogP contribution in [0.2, 0.25) is 0 Å². The first-order valence-corrected chi connectivity index (χ1v) is 13.8. The summed E-state index contributed by atoms with van der Waals surface area (Å²) in [7, 11) is 1.56. The predicted molar refractivity (Wildman–Crippen MR) is 146 cm³/mol. The van der Waals surface area contributed by atoms with Gasteiger partial charge in [0.2, 0.25) is 12.2 Å². The number of aryl methyl sites for hydroxylation is 1. The van der Waals surface area contributed by atoms with Gasteiger partial charge >= 0.3 is 11.9 Å². The van der Waals surface area contributed by atoms with E-state index in [2.05, 4.69) is 27.0 Å². The standard InChI is InChI=1S/C28H37N3O6S/c1-5-22-8-6-7-9-23(22)17-30(4)28(35)26(37-20(3)33)25(36-19(2)32)27(34)29-16-21-10-13-31(14-11-21)24-12-15-38-18-24/h6-9,12,15,18,21,25-26H,5,10-11,13-14,16-17H2,1-4H3,(H,29,34)/t25-,26-/m1/s1. The van der Waals surface area contributed by atoms with Gasteiger partial charge in [-0.2, -0.15) is 11.3 Å². The second-order valence-electron chi connectivity index (χ2n) is 9.53. The fraction of sp³-hybridized carbons (Fsp3) is 0.500. The lowest BCUT2D eigenvalue weighted by molar-refractivity contribution is -0.177. The monoisotopic (exact) mass is 543 g/mol. The van der Waals surface area contributed by atoms with Gasteiger partial charge in [-0.25, -0.2) is 0 Å². The molecule has 1 saturated heterocycles. The molecule has 0 aliphatic carbocycles. The quantitative estimate of drug-likeness (QED) is 0.434. The van der Waals surface area contributed by atoms with Crippen LogP contribution in [0.1, 0.15) is 44.7 Å². The van der Waals surface area contributed by atoms with Crippen molar-refractivity contribution < 1.29 is 28.7 Å². The van der Waals surface area contributed by atoms with Crippen LogP contribution in [0.3, 0.4) is 0 Å². The highest BCUT2D eigenvalue weighted by atomic mass is 32.1. The van der Waals surface area contributed by atoms with Gasteiger partial charge in [0.1, 0.15) is 0 Å². The van der Waals surface area contributed by atoms with Crippen molar-refractivity contribution in [2.75, 3.05) is 31.6 Å². The number of piperidine rings is 1. The molecular formula is C28H37N3O6S. The first-order chi connectivity index (χ1) is 18.2. The van der Waals surface area contributed by atoms with E-state index in [-0.39, 0.29) is 12.5 Å². The number of carbonyl (C=O) groups excluding carboxylic acids is 4. The molecule has 2 heterocycles. The topological polar surface area (TPSA) is 105 Å². The van der Waals surface area contributed by atoms with Gasteiger partial charge in [0.15, 0.2) is 0 Å². The maximum absolute atomic E-state index is 13.4. The van der Waals surface area contributed by atoms with Crippen LogP contribution in [0.5, 0.6) is 0 Å². The average molecular weight is 544 g/mol. The van der Waals surface area contributed by atoms with Gasteiger partial charge in [-0.15, -0.1) is 0 Å². The minimum atomic E-state index is -1.60. The van der Waals surface area contributed by atoms with Crippen molar-refractivity contribution in [1.29, 1.82) is 0 Å². The maximum atomic E-state index is 13.4. The van der Waals surface area contributed by atoms with Crippen LogP contribution < -0.4 is 10.2 Å². The molecule has 1 aromatic carbocycles. The van der Waals surface area contributed by atoms with Crippen LogP contribution in [0.25, 0.3) is 0 Å². The molecule has 0 bridgehead atoms. The Kier molecular flexibility index (Phi) is 10.7. The van der Waals surface area contributed by atoms with Crippen molar-refractivity contribution in [3.05, 3.63) is 52.2 Å². The molecule has 2 aromatic rings. The molecule has 2 atom stereocenters. The molecule has 0 spiro atoms. The third-order valence-corrected chi connectivity index (χ3v) is 7.37. The number of esters is 2. The number of hydrogen-bond acceptors (Lipinski definition) is 8. The first kappa shape index (κ1) is 29.2. The van der Waals surface area contributed by atoms with Crippen molar-refractivity contribution in [2.24, 2.45) is 5.92 Å². The molecule has 1 aromatic heterocycles. The third-order valence-electron chi connectivity index (χ3n) is 6.70. The van der Waals surface area contributed by atoms with Crippen molar-refractivity contribution in [3.63, 3.8) is 0 Å². The molecule has 1 aliphatic rings. The van der Waals surface area contributed by atoms with Crippen molar-refractivity contribution in [3.8, 4) is 0 Å². The van der Waals surface area contributed by atoms with E-state index in [1.807, 2.05) is 31.2 Å². The molecule has 0 unspecified atom stereocenters. The van der Waals surface area contributed by atoms with Crippen molar-refractivity contribution >= 4 is 40.8 Å². The number of rotatable bonds is 11. The summed E-state index contributed by atoms with van der Waals surface area (Å²) in [6, 6.07) is 9.82. The average Bonchev–Trinajstić information content (AvgIpc) is 3.44. The van der Waals surface area contributed by atoms with Crippen LogP contribution in [-0.4, -0.2) is 67.5 Å². The number of benzene rings is 1. The summed E-state index contributed by atoms with van der Waals surface area (Å²) in [5.41, 5.74) is 3.23. The van der Waals surface area contributed by atoms with Crippen LogP contribution in [-0.2, 0) is 41.6 Å². The summed E-state index contributed by atoms with van der Waals surface area (Å²) in [6.45, 7) is 6.70. The van der Waals surface area contributed by atoms with E-state index in [1.54, 1.807) is 18.4 Å². The minimum Gasteiger partial charge on any atom is -0.448 e. The second kappa shape index (κ2) is 13.9. The van der Waals surface area contributed by atoms with Gasteiger partial charge in [0.05, 0.1) is 0 Å². The fourth-order valence-electron chi connectivity index (χ4n) is 4.64. The highest BCUT2D eigenvalue weighted by molar-refractivity contribution is 7.08. The van der Waals surface area contributed by atoms with Gasteiger partial charge in [0.25, 0.3) is 11.8 Å². The van der Waals surface area contributed by atoms with E-state index in [9.17, 15) is 19.2 Å². The number of thiophene rings is 1. The summed E-state index contributed by atoms with van der Waals surface area (Å²) >= 11 is 1.66. The van der Waals surface area contributed by atoms with Gasteiger partial charge < -0.3 is 24.6 Å². The van der Waals surface area contributed by atoms with Crippen LogP contribution >= 0.6 is 11.3 Å². The number of likely N-dealkylation sites (N-methyl/N-ethyl adjacent to an activating group) is 1. The maximum Gasteiger partial charge on any atom is 0.303 e. The molecule has 206 valence electrons. The number of nitrogens with zero attached hydrogens (tertiary/aromatic N) is 2. The van der Waals surface area contributed by atoms with Crippen LogP contribution in [0, 0.1) is 5.92 Å². The molecule has 10 heteroatoms. The Hall–Kier alpha value is -3.40. The zero-order valence-corrected chi connectivity index (χ0v) is 23.3. The number of carbonyl (C=O) groups is 4. The molecule has 38 heavy (non-hydrogen) atoms. The molecule has 1 N–H and O–H groups in total. The minimum absolute atomic E-state index is 0.239. The number of hydrogen-bond donors (Lipinski definition) is 1. The molecule has 0 saturated carbocycles. The normalized spacial score (nSPS) is 15.3. The Balaban J connectivity index is 1.67. The first-order valence-electron chi connectivity index (χ1n) is 12.9. The van der Waals surface area contributed by atoms with Gasteiger partial charge in [-0.1, -0.05) is 31.2 Å². The fourth-order valence-corrected chi connectivity index (χ4v) is 5.30. The summed E-state index contributed by atoms with van der Waals surface area (Å²) in [6.07, 6.45) is -0.634. The Bertz CT molecular complexity index is 1100. The van der Waals surface area contributed by atoms with E-state index in [1.165, 1.54) is 10.6 Å². The molecule has 3 rings (SSSR count). The summed E-state index contributed by atoms with van der Waals surface area (Å²) < 4.78 is 10.5. The smallest absolute Gasteiger partial charge is 0.303 e. The van der Waals surface area contributed by atoms with Gasteiger partial charge in [-0.05, 0) is 47.8 Å². The van der Waals surface area contributed by atoms with E-state index >= 15 is 0 Å². The lowest BCUT2D eigenvalue weighted by Gasteiger charge is -2.33. The zero-order chi connectivity index (χ0) is 27.7. The Morgan fingerprint density at radius 3 is 2.24 bits per heavy atom. The number of ether oxygens (including phenoxy) is 2. The molecule has 0 radical (unpaired) electrons. The Morgan fingerprint density at radius 1 is 1.03 bits per heavy atom. The van der Waals surface area contributed by atoms with Gasteiger partial charge in [-0.3, -0.25) is 19.2 Å². The van der Waals surface area contributed by atoms with Crippen LogP contribution in [0.4, 0.5) is 5.69 Å². The number of amides is 2. The molecule has 9 nitrogen and oxygen atoms in total. The highest BCUT2D eigenvalue weighted by Crippen LogP contribution is 2.25. The van der Waals surface area contributed by atoms with E-state index in [0.29, 0.717) is 6.54 Å². The highest BCUT2D eigenvalue weighted by Gasteiger charge is 2.41. The number of nitrogens with one attached hydrogen (secondary N) is 1. The summed E-state index contributed by atoms with van der Waals surface area (Å²) in [5, 5.41) is 7.00. The van der Waals surface area contributed by atoms with E-state index in [4.69, 9.17) is 9.47 Å². The second-order valence-corrected chi connectivity index (χ2v) is 10.3.